The van der Waals surface area contributed by atoms with Crippen LogP contribution < -0.4 is 16.0 Å². The van der Waals surface area contributed by atoms with Gasteiger partial charge in [0.25, 0.3) is 0 Å². The predicted molar refractivity (Wildman–Crippen MR) is 166 cm³/mol. The fourth-order valence-corrected chi connectivity index (χ4v) is 5.35. The zero-order chi connectivity index (χ0) is 30.7. The third-order valence-corrected chi connectivity index (χ3v) is 7.54. The highest BCUT2D eigenvalue weighted by atomic mass is 33.1. The highest BCUT2D eigenvalue weighted by Gasteiger charge is 2.19. The Balaban J connectivity index is 2.33. The van der Waals surface area contributed by atoms with Gasteiger partial charge in [-0.2, -0.15) is 0 Å². The van der Waals surface area contributed by atoms with E-state index < -0.39 is 23.4 Å². The molecule has 0 aromatic heterocycles. The van der Waals surface area contributed by atoms with E-state index in [0.717, 1.165) is 18.6 Å². The summed E-state index contributed by atoms with van der Waals surface area (Å²) >= 11 is 0. The summed E-state index contributed by atoms with van der Waals surface area (Å²) in [6.07, 6.45) is 1.95. The van der Waals surface area contributed by atoms with Crippen LogP contribution in [0.4, 0.5) is 9.59 Å². The van der Waals surface area contributed by atoms with Gasteiger partial charge in [-0.05, 0) is 66.5 Å². The first-order valence-electron chi connectivity index (χ1n) is 14.1. The second-order valence-corrected chi connectivity index (χ2v) is 13.9. The van der Waals surface area contributed by atoms with E-state index in [1.165, 1.54) is 4.90 Å². The standard InChI is InChI=1S/C29H48N4O6S2/c1-28(2,3)38-26(36)31-18-20-33(21-19-32-27(37)39-29(4,5)6)25(35)15-11-8-12-17-30-24(34)16-22-40-41-23-13-9-7-10-14-23/h7,9-10,13-14H,8,11-12,15-22H2,1-6H3,(H,30,34)(H,31,36)(H,32,37). The van der Waals surface area contributed by atoms with Crippen LogP contribution in [0.3, 0.4) is 0 Å². The number of ether oxygens (including phenoxy) is 2. The van der Waals surface area contributed by atoms with Crippen molar-refractivity contribution in [3.8, 4) is 0 Å². The third-order valence-electron chi connectivity index (χ3n) is 5.15. The van der Waals surface area contributed by atoms with Gasteiger partial charge in [-0.3, -0.25) is 9.59 Å². The van der Waals surface area contributed by atoms with E-state index >= 15 is 0 Å². The molecule has 0 aliphatic carbocycles. The molecule has 0 unspecified atom stereocenters. The normalized spacial score (nSPS) is 11.4. The second kappa shape index (κ2) is 19.5. The number of benzene rings is 1. The highest BCUT2D eigenvalue weighted by Crippen LogP contribution is 2.30. The lowest BCUT2D eigenvalue weighted by Gasteiger charge is -2.25. The van der Waals surface area contributed by atoms with Gasteiger partial charge in [-0.15, -0.1) is 0 Å². The lowest BCUT2D eigenvalue weighted by molar-refractivity contribution is -0.131. The van der Waals surface area contributed by atoms with Gasteiger partial charge in [0.2, 0.25) is 11.8 Å². The van der Waals surface area contributed by atoms with Crippen LogP contribution in [0.25, 0.3) is 0 Å². The van der Waals surface area contributed by atoms with Crippen LogP contribution in [0, 0.1) is 0 Å². The minimum Gasteiger partial charge on any atom is -0.444 e. The van der Waals surface area contributed by atoms with Gasteiger partial charge in [0.1, 0.15) is 11.2 Å². The summed E-state index contributed by atoms with van der Waals surface area (Å²) in [6, 6.07) is 10.1. The molecule has 4 amide bonds. The monoisotopic (exact) mass is 612 g/mol. The molecule has 12 heteroatoms. The summed E-state index contributed by atoms with van der Waals surface area (Å²) < 4.78 is 10.5. The van der Waals surface area contributed by atoms with Crippen molar-refractivity contribution in [1.29, 1.82) is 0 Å². The maximum atomic E-state index is 12.9. The summed E-state index contributed by atoms with van der Waals surface area (Å²) in [6.45, 7) is 12.3. The molecule has 0 aliphatic heterocycles. The number of alkyl carbamates (subject to hydrolysis) is 2. The van der Waals surface area contributed by atoms with Crippen molar-refractivity contribution < 1.29 is 28.7 Å². The third kappa shape index (κ3) is 20.9. The Labute approximate surface area is 253 Å². The van der Waals surface area contributed by atoms with Gasteiger partial charge in [-0.25, -0.2) is 9.59 Å². The number of carbonyl (C=O) groups excluding carboxylic acids is 4. The van der Waals surface area contributed by atoms with E-state index in [4.69, 9.17) is 9.47 Å². The minimum absolute atomic E-state index is 0.0309. The van der Waals surface area contributed by atoms with Gasteiger partial charge in [0, 0.05) is 56.2 Å². The Kier molecular flexibility index (Phi) is 17.3. The fourth-order valence-electron chi connectivity index (χ4n) is 3.35. The van der Waals surface area contributed by atoms with Crippen molar-refractivity contribution in [2.45, 2.75) is 89.7 Å². The summed E-state index contributed by atoms with van der Waals surface area (Å²) in [5.74, 6) is 0.698. The molecule has 0 fully saturated rings. The summed E-state index contributed by atoms with van der Waals surface area (Å²) in [4.78, 5) is 51.7. The Hall–Kier alpha value is -2.60. The number of amides is 4. The first-order valence-corrected chi connectivity index (χ1v) is 16.4. The lowest BCUT2D eigenvalue weighted by Crippen LogP contribution is -2.44. The number of rotatable bonds is 17. The van der Waals surface area contributed by atoms with Crippen LogP contribution in [-0.2, 0) is 19.1 Å². The molecular weight excluding hydrogens is 564 g/mol. The molecule has 0 heterocycles. The first kappa shape index (κ1) is 36.4. The molecule has 41 heavy (non-hydrogen) atoms. The zero-order valence-electron chi connectivity index (χ0n) is 25.4. The van der Waals surface area contributed by atoms with Gasteiger partial charge in [0.05, 0.1) is 0 Å². The van der Waals surface area contributed by atoms with Gasteiger partial charge < -0.3 is 30.3 Å². The Morgan fingerprint density at radius 2 is 1.29 bits per heavy atom. The average Bonchev–Trinajstić information content (AvgIpc) is 2.86. The van der Waals surface area contributed by atoms with E-state index in [1.54, 1.807) is 68.0 Å². The van der Waals surface area contributed by atoms with Crippen LogP contribution in [0.2, 0.25) is 0 Å². The van der Waals surface area contributed by atoms with Crippen LogP contribution in [0.5, 0.6) is 0 Å². The molecule has 1 rings (SSSR count). The number of hydrogen-bond acceptors (Lipinski definition) is 8. The average molecular weight is 613 g/mol. The van der Waals surface area contributed by atoms with E-state index in [1.807, 2.05) is 30.3 Å². The number of unbranched alkanes of at least 4 members (excludes halogenated alkanes) is 2. The summed E-state index contributed by atoms with van der Waals surface area (Å²) in [7, 11) is 3.33. The summed E-state index contributed by atoms with van der Waals surface area (Å²) in [5.41, 5.74) is -1.23. The van der Waals surface area contributed by atoms with Crippen molar-refractivity contribution in [2.75, 3.05) is 38.5 Å². The zero-order valence-corrected chi connectivity index (χ0v) is 27.0. The Morgan fingerprint density at radius 3 is 1.83 bits per heavy atom. The second-order valence-electron chi connectivity index (χ2n) is 11.4. The molecular formula is C29H48N4O6S2. The molecule has 0 spiro atoms. The van der Waals surface area contributed by atoms with Crippen LogP contribution in [-0.4, -0.2) is 78.6 Å². The van der Waals surface area contributed by atoms with E-state index in [-0.39, 0.29) is 38.0 Å². The van der Waals surface area contributed by atoms with Crippen molar-refractivity contribution in [1.82, 2.24) is 20.9 Å². The molecule has 10 nitrogen and oxygen atoms in total. The molecule has 232 valence electrons. The number of nitrogens with one attached hydrogen (secondary N) is 3. The molecule has 0 saturated heterocycles. The Bertz CT molecular complexity index is 901. The van der Waals surface area contributed by atoms with Crippen molar-refractivity contribution in [2.24, 2.45) is 0 Å². The topological polar surface area (TPSA) is 126 Å². The maximum absolute atomic E-state index is 12.9. The van der Waals surface area contributed by atoms with Gasteiger partial charge >= 0.3 is 12.2 Å². The first-order chi connectivity index (χ1) is 19.2. The minimum atomic E-state index is -0.614. The number of nitrogens with zero attached hydrogens (tertiary/aromatic N) is 1. The Morgan fingerprint density at radius 1 is 0.732 bits per heavy atom. The lowest BCUT2D eigenvalue weighted by atomic mass is 10.1. The maximum Gasteiger partial charge on any atom is 0.407 e. The van der Waals surface area contributed by atoms with Crippen LogP contribution in [0.1, 0.15) is 73.6 Å². The molecule has 3 N–H and O–H groups in total. The molecule has 1 aromatic carbocycles. The molecule has 0 bridgehead atoms. The smallest absolute Gasteiger partial charge is 0.407 e. The van der Waals surface area contributed by atoms with Gasteiger partial charge in [0.15, 0.2) is 0 Å². The van der Waals surface area contributed by atoms with Crippen LogP contribution in [0.15, 0.2) is 35.2 Å². The van der Waals surface area contributed by atoms with Crippen LogP contribution >= 0.6 is 21.6 Å². The van der Waals surface area contributed by atoms with Crippen molar-refractivity contribution in [3.63, 3.8) is 0 Å². The molecule has 0 saturated carbocycles. The molecule has 0 aliphatic rings. The van der Waals surface area contributed by atoms with E-state index in [0.29, 0.717) is 25.8 Å². The SMILES string of the molecule is CC(C)(C)OC(=O)NCCN(CCNC(=O)OC(C)(C)C)C(=O)CCCCCNC(=O)CCSSc1ccccc1. The quantitative estimate of drug-likeness (QED) is 0.158. The molecule has 0 radical (unpaired) electrons. The predicted octanol–water partition coefficient (Wildman–Crippen LogP) is 5.37. The van der Waals surface area contributed by atoms with E-state index in [9.17, 15) is 19.2 Å². The number of carbonyl (C=O) groups is 4. The van der Waals surface area contributed by atoms with E-state index in [2.05, 4.69) is 16.0 Å². The number of hydrogen-bond donors (Lipinski definition) is 3. The summed E-state index contributed by atoms with van der Waals surface area (Å²) in [5, 5.41) is 8.27. The van der Waals surface area contributed by atoms with Crippen molar-refractivity contribution in [3.05, 3.63) is 30.3 Å². The van der Waals surface area contributed by atoms with Gasteiger partial charge in [-0.1, -0.05) is 46.2 Å². The fraction of sp³-hybridized carbons (Fsp3) is 0.655. The largest absolute Gasteiger partial charge is 0.444 e. The molecule has 1 aromatic rings. The highest BCUT2D eigenvalue weighted by molar-refractivity contribution is 8.76. The molecule has 0 atom stereocenters. The van der Waals surface area contributed by atoms with Crippen molar-refractivity contribution >= 4 is 45.6 Å².